The molecule has 0 saturated heterocycles. The largest absolute Gasteiger partial charge is 0.467 e. The molecule has 4 heteroatoms. The summed E-state index contributed by atoms with van der Waals surface area (Å²) in [5.74, 6) is -0.368. The van der Waals surface area contributed by atoms with Gasteiger partial charge in [-0.1, -0.05) is 0 Å². The lowest BCUT2D eigenvalue weighted by atomic mass is 10.3. The molecule has 1 aliphatic rings. The van der Waals surface area contributed by atoms with Crippen molar-refractivity contribution in [1.82, 2.24) is 0 Å². The molecule has 1 fully saturated rings. The smallest absolute Gasteiger partial charge is 0.338 e. The highest BCUT2D eigenvalue weighted by atomic mass is 16.6. The Kier molecular flexibility index (Phi) is 2.11. The molecule has 1 rings (SSSR count). The summed E-state index contributed by atoms with van der Waals surface area (Å²) in [6.45, 7) is -0.0465. The molecule has 0 aromatic rings. The number of hydrogen-bond acceptors (Lipinski definition) is 4. The van der Waals surface area contributed by atoms with Crippen LogP contribution in [0.25, 0.3) is 0 Å². The Labute approximate surface area is 64.7 Å². The molecule has 0 bridgehead atoms. The number of hydrogen-bond donors (Lipinski definition) is 0. The van der Waals surface area contributed by atoms with E-state index in [2.05, 4.69) is 4.74 Å². The summed E-state index contributed by atoms with van der Waals surface area (Å²) in [5.41, 5.74) is -0.773. The summed E-state index contributed by atoms with van der Waals surface area (Å²) < 4.78 is 9.51. The van der Waals surface area contributed by atoms with Crippen LogP contribution in [0.2, 0.25) is 0 Å². The Hall–Kier alpha value is -1.08. The Morgan fingerprint density at radius 1 is 1.73 bits per heavy atom. The second kappa shape index (κ2) is 2.89. The fourth-order valence-electron chi connectivity index (χ4n) is 0.877. The first-order valence-electron chi connectivity index (χ1n) is 3.34. The molecule has 1 saturated carbocycles. The van der Waals surface area contributed by atoms with E-state index in [1.807, 2.05) is 6.07 Å². The highest BCUT2D eigenvalue weighted by molar-refractivity contribution is 5.82. The fraction of sp³-hybridized carbons (Fsp3) is 0.714. The fourth-order valence-corrected chi connectivity index (χ4v) is 0.877. The molecule has 0 spiro atoms. The number of carbonyl (C=O) groups excluding carboxylic acids is 1. The van der Waals surface area contributed by atoms with E-state index in [0.717, 1.165) is 0 Å². The van der Waals surface area contributed by atoms with Crippen LogP contribution in [0.15, 0.2) is 0 Å². The van der Waals surface area contributed by atoms with E-state index < -0.39 is 5.60 Å². The predicted octanol–water partition coefficient (Wildman–Crippen LogP) is 0.232. The van der Waals surface area contributed by atoms with Gasteiger partial charge in [-0.3, -0.25) is 0 Å². The number of rotatable bonds is 3. The van der Waals surface area contributed by atoms with Gasteiger partial charge in [0.25, 0.3) is 0 Å². The molecule has 0 atom stereocenters. The molecule has 0 aliphatic heterocycles. The van der Waals surface area contributed by atoms with Gasteiger partial charge in [-0.2, -0.15) is 5.26 Å². The lowest BCUT2D eigenvalue weighted by Gasteiger charge is -2.10. The first-order chi connectivity index (χ1) is 5.25. The molecular formula is C7H9NO3. The molecule has 0 N–H and O–H groups in total. The third kappa shape index (κ3) is 1.49. The summed E-state index contributed by atoms with van der Waals surface area (Å²) in [6.07, 6.45) is 1.34. The molecule has 11 heavy (non-hydrogen) atoms. The number of esters is 1. The number of nitrogens with zero attached hydrogens (tertiary/aromatic N) is 1. The Morgan fingerprint density at radius 2 is 2.36 bits per heavy atom. The van der Waals surface area contributed by atoms with E-state index in [-0.39, 0.29) is 12.6 Å². The summed E-state index contributed by atoms with van der Waals surface area (Å²) in [4.78, 5) is 10.9. The second-order valence-electron chi connectivity index (χ2n) is 2.43. The molecule has 0 amide bonds. The molecular weight excluding hydrogens is 146 g/mol. The van der Waals surface area contributed by atoms with Crippen molar-refractivity contribution in [2.24, 2.45) is 0 Å². The summed E-state index contributed by atoms with van der Waals surface area (Å²) in [5, 5.41) is 8.18. The number of carbonyl (C=O) groups is 1. The molecule has 1 aliphatic carbocycles. The van der Waals surface area contributed by atoms with Gasteiger partial charge in [0, 0.05) is 0 Å². The van der Waals surface area contributed by atoms with Crippen LogP contribution in [0.1, 0.15) is 12.8 Å². The summed E-state index contributed by atoms with van der Waals surface area (Å²) in [6, 6.07) is 1.81. The second-order valence-corrected chi connectivity index (χ2v) is 2.43. The van der Waals surface area contributed by atoms with Gasteiger partial charge in [-0.05, 0) is 12.8 Å². The summed E-state index contributed by atoms with van der Waals surface area (Å²) in [7, 11) is 1.32. The van der Waals surface area contributed by atoms with Crippen molar-refractivity contribution in [3.8, 4) is 6.07 Å². The van der Waals surface area contributed by atoms with Gasteiger partial charge < -0.3 is 9.47 Å². The standard InChI is InChI=1S/C7H9NO3/c1-10-6(9)7(2-3-7)11-5-4-8/h2-3,5H2,1H3. The van der Waals surface area contributed by atoms with Crippen LogP contribution in [0.5, 0.6) is 0 Å². The van der Waals surface area contributed by atoms with Crippen molar-refractivity contribution in [1.29, 1.82) is 5.26 Å². The van der Waals surface area contributed by atoms with Gasteiger partial charge >= 0.3 is 5.97 Å². The van der Waals surface area contributed by atoms with Crippen molar-refractivity contribution < 1.29 is 14.3 Å². The van der Waals surface area contributed by atoms with Crippen LogP contribution in [-0.2, 0) is 14.3 Å². The molecule has 0 unspecified atom stereocenters. The van der Waals surface area contributed by atoms with Crippen molar-refractivity contribution in [2.45, 2.75) is 18.4 Å². The molecule has 60 valence electrons. The van der Waals surface area contributed by atoms with Crippen molar-refractivity contribution in [2.75, 3.05) is 13.7 Å². The quantitative estimate of drug-likeness (QED) is 0.547. The van der Waals surface area contributed by atoms with Crippen LogP contribution in [0.4, 0.5) is 0 Å². The van der Waals surface area contributed by atoms with E-state index in [4.69, 9.17) is 10.00 Å². The third-order valence-electron chi connectivity index (χ3n) is 1.67. The molecule has 0 radical (unpaired) electrons. The molecule has 0 heterocycles. The third-order valence-corrected chi connectivity index (χ3v) is 1.67. The van der Waals surface area contributed by atoms with E-state index in [1.54, 1.807) is 0 Å². The Bertz CT molecular complexity index is 202. The van der Waals surface area contributed by atoms with Gasteiger partial charge in [0.05, 0.1) is 13.2 Å². The zero-order chi connectivity index (χ0) is 8.32. The first kappa shape index (κ1) is 8.02. The van der Waals surface area contributed by atoms with Gasteiger partial charge in [0.2, 0.25) is 0 Å². The van der Waals surface area contributed by atoms with E-state index >= 15 is 0 Å². The minimum absolute atomic E-state index is 0.0465. The first-order valence-corrected chi connectivity index (χ1v) is 3.34. The average Bonchev–Trinajstić information content (AvgIpc) is 2.80. The SMILES string of the molecule is COC(=O)C1(OCC#N)CC1. The van der Waals surface area contributed by atoms with E-state index in [0.29, 0.717) is 12.8 Å². The zero-order valence-corrected chi connectivity index (χ0v) is 6.29. The lowest BCUT2D eigenvalue weighted by Crippen LogP contribution is -2.27. The number of nitriles is 1. The van der Waals surface area contributed by atoms with Crippen LogP contribution in [0, 0.1) is 11.3 Å². The Balaban J connectivity index is 2.42. The Morgan fingerprint density at radius 3 is 2.73 bits per heavy atom. The number of methoxy groups -OCH3 is 1. The van der Waals surface area contributed by atoms with Gasteiger partial charge in [-0.15, -0.1) is 0 Å². The zero-order valence-electron chi connectivity index (χ0n) is 6.29. The van der Waals surface area contributed by atoms with Gasteiger partial charge in [0.1, 0.15) is 6.61 Å². The van der Waals surface area contributed by atoms with Gasteiger partial charge in [-0.25, -0.2) is 4.79 Å². The highest BCUT2D eigenvalue weighted by Gasteiger charge is 2.52. The molecule has 0 aromatic carbocycles. The summed E-state index contributed by atoms with van der Waals surface area (Å²) >= 11 is 0. The maximum atomic E-state index is 10.9. The number of ether oxygens (including phenoxy) is 2. The van der Waals surface area contributed by atoms with Crippen LogP contribution in [0.3, 0.4) is 0 Å². The van der Waals surface area contributed by atoms with Gasteiger partial charge in [0.15, 0.2) is 5.60 Å². The van der Waals surface area contributed by atoms with E-state index in [9.17, 15) is 4.79 Å². The van der Waals surface area contributed by atoms with Crippen molar-refractivity contribution in [3.63, 3.8) is 0 Å². The highest BCUT2D eigenvalue weighted by Crippen LogP contribution is 2.40. The van der Waals surface area contributed by atoms with Crippen molar-refractivity contribution in [3.05, 3.63) is 0 Å². The van der Waals surface area contributed by atoms with Crippen molar-refractivity contribution >= 4 is 5.97 Å². The topological polar surface area (TPSA) is 59.3 Å². The lowest BCUT2D eigenvalue weighted by molar-refractivity contribution is -0.156. The van der Waals surface area contributed by atoms with E-state index in [1.165, 1.54) is 7.11 Å². The maximum Gasteiger partial charge on any atom is 0.338 e. The van der Waals surface area contributed by atoms with Crippen LogP contribution >= 0.6 is 0 Å². The minimum atomic E-state index is -0.773. The maximum absolute atomic E-state index is 10.9. The van der Waals surface area contributed by atoms with Crippen LogP contribution < -0.4 is 0 Å². The monoisotopic (exact) mass is 155 g/mol. The molecule has 0 aromatic heterocycles. The predicted molar refractivity (Wildman–Crippen MR) is 35.5 cm³/mol. The normalized spacial score (nSPS) is 18.5. The molecule has 4 nitrogen and oxygen atoms in total. The van der Waals surface area contributed by atoms with Crippen LogP contribution in [-0.4, -0.2) is 25.3 Å². The minimum Gasteiger partial charge on any atom is -0.467 e. The average molecular weight is 155 g/mol.